The van der Waals surface area contributed by atoms with Crippen LogP contribution in [0.15, 0.2) is 59.1 Å². The second kappa shape index (κ2) is 3.81. The van der Waals surface area contributed by atoms with Gasteiger partial charge in [0.25, 0.3) is 0 Å². The number of fused-ring (bicyclic) bond motifs is 5. The molecule has 2 atom stereocenters. The summed E-state index contributed by atoms with van der Waals surface area (Å²) in [5.74, 6) is 0. The van der Waals surface area contributed by atoms with E-state index in [0.717, 1.165) is 4.47 Å². The van der Waals surface area contributed by atoms with Gasteiger partial charge in [-0.05, 0) is 34.4 Å². The summed E-state index contributed by atoms with van der Waals surface area (Å²) in [5, 5.41) is 0. The van der Waals surface area contributed by atoms with Crippen LogP contribution in [0, 0.1) is 0 Å². The molecule has 0 amide bonds. The minimum atomic E-state index is 0.133. The van der Waals surface area contributed by atoms with Gasteiger partial charge in [-0.3, -0.25) is 0 Å². The molecule has 2 unspecified atom stereocenters. The summed E-state index contributed by atoms with van der Waals surface area (Å²) in [6.45, 7) is 0. The summed E-state index contributed by atoms with van der Waals surface area (Å²) in [6.07, 6.45) is 4.58. The van der Waals surface area contributed by atoms with E-state index < -0.39 is 0 Å². The van der Waals surface area contributed by atoms with Gasteiger partial charge in [0.1, 0.15) is 12.2 Å². The number of rotatable bonds is 1. The number of hydrogen-bond acceptors (Lipinski definition) is 1. The van der Waals surface area contributed by atoms with Crippen molar-refractivity contribution in [3.63, 3.8) is 0 Å². The molecular weight excluding hydrogens is 288 g/mol. The lowest BCUT2D eigenvalue weighted by Gasteiger charge is -2.14. The Labute approximate surface area is 114 Å². The molecular formula is C16H11BrO. The van der Waals surface area contributed by atoms with Crippen molar-refractivity contribution < 1.29 is 4.74 Å². The van der Waals surface area contributed by atoms with Crippen molar-refractivity contribution >= 4 is 15.9 Å². The van der Waals surface area contributed by atoms with Gasteiger partial charge < -0.3 is 4.74 Å². The first-order chi connectivity index (χ1) is 8.83. The Morgan fingerprint density at radius 2 is 1.72 bits per heavy atom. The molecule has 88 valence electrons. The molecule has 0 aliphatic carbocycles. The quantitative estimate of drug-likeness (QED) is 0.687. The minimum Gasteiger partial charge on any atom is -0.357 e. The number of hydrogen-bond donors (Lipinski definition) is 0. The van der Waals surface area contributed by atoms with Gasteiger partial charge in [-0.15, -0.1) is 0 Å². The first-order valence-electron chi connectivity index (χ1n) is 6.05. The summed E-state index contributed by atoms with van der Waals surface area (Å²) >= 11 is 3.60. The molecule has 0 radical (unpaired) electrons. The molecule has 18 heavy (non-hydrogen) atoms. The van der Waals surface area contributed by atoms with Crippen molar-refractivity contribution in [2.45, 2.75) is 12.2 Å². The van der Waals surface area contributed by atoms with Crippen LogP contribution >= 0.6 is 15.9 Å². The molecule has 0 saturated heterocycles. The average Bonchev–Trinajstić information content (AvgIpc) is 3.00. The van der Waals surface area contributed by atoms with Gasteiger partial charge in [-0.2, -0.15) is 0 Å². The van der Waals surface area contributed by atoms with Gasteiger partial charge in [0.2, 0.25) is 0 Å². The van der Waals surface area contributed by atoms with Crippen LogP contribution in [-0.2, 0) is 4.74 Å². The van der Waals surface area contributed by atoms with Crippen molar-refractivity contribution in [3.05, 3.63) is 70.2 Å². The van der Waals surface area contributed by atoms with Gasteiger partial charge in [0.05, 0.1) is 0 Å². The van der Waals surface area contributed by atoms with E-state index in [9.17, 15) is 0 Å². The fourth-order valence-electron chi connectivity index (χ4n) is 2.84. The molecule has 0 spiro atoms. The molecule has 2 aliphatic rings. The minimum absolute atomic E-state index is 0.133. The molecule has 0 N–H and O–H groups in total. The summed E-state index contributed by atoms with van der Waals surface area (Å²) < 4.78 is 7.04. The highest BCUT2D eigenvalue weighted by molar-refractivity contribution is 9.10. The Bertz CT molecular complexity index is 646. The first kappa shape index (κ1) is 10.5. The van der Waals surface area contributed by atoms with Crippen LogP contribution in [0.4, 0.5) is 0 Å². The van der Waals surface area contributed by atoms with E-state index in [0.29, 0.717) is 0 Å². The SMILES string of the molecule is Brc1cc(-c2ccccc2)c2c(c1)C1C=CC2O1. The molecule has 2 aliphatic heterocycles. The second-order valence-electron chi connectivity index (χ2n) is 4.68. The molecule has 2 aromatic carbocycles. The predicted octanol–water partition coefficient (Wildman–Crippen LogP) is 4.80. The highest BCUT2D eigenvalue weighted by atomic mass is 79.9. The summed E-state index contributed by atoms with van der Waals surface area (Å²) in [4.78, 5) is 0. The Morgan fingerprint density at radius 1 is 0.944 bits per heavy atom. The monoisotopic (exact) mass is 298 g/mol. The lowest BCUT2D eigenvalue weighted by Crippen LogP contribution is -1.96. The maximum atomic E-state index is 5.93. The molecule has 2 heteroatoms. The van der Waals surface area contributed by atoms with Crippen LogP contribution in [0.2, 0.25) is 0 Å². The van der Waals surface area contributed by atoms with E-state index in [2.05, 4.69) is 64.5 Å². The molecule has 0 saturated carbocycles. The molecule has 1 nitrogen and oxygen atoms in total. The Hall–Kier alpha value is -1.38. The van der Waals surface area contributed by atoms with Crippen LogP contribution in [0.5, 0.6) is 0 Å². The zero-order valence-electron chi connectivity index (χ0n) is 9.64. The Kier molecular flexibility index (Phi) is 2.23. The summed E-state index contributed by atoms with van der Waals surface area (Å²) in [5.41, 5.74) is 5.16. The Balaban J connectivity index is 1.99. The van der Waals surface area contributed by atoms with E-state index in [4.69, 9.17) is 4.74 Å². The number of halogens is 1. The first-order valence-corrected chi connectivity index (χ1v) is 6.85. The number of ether oxygens (including phenoxy) is 1. The third kappa shape index (κ3) is 1.43. The topological polar surface area (TPSA) is 9.23 Å². The van der Waals surface area contributed by atoms with Crippen LogP contribution in [-0.4, -0.2) is 0 Å². The Morgan fingerprint density at radius 3 is 2.56 bits per heavy atom. The largest absolute Gasteiger partial charge is 0.357 e. The van der Waals surface area contributed by atoms with Crippen molar-refractivity contribution in [2.75, 3.05) is 0 Å². The second-order valence-corrected chi connectivity index (χ2v) is 5.60. The highest BCUT2D eigenvalue weighted by Crippen LogP contribution is 2.50. The van der Waals surface area contributed by atoms with E-state index in [1.165, 1.54) is 22.3 Å². The molecule has 0 fully saturated rings. The van der Waals surface area contributed by atoms with E-state index in [-0.39, 0.29) is 12.2 Å². The van der Waals surface area contributed by atoms with Crippen LogP contribution in [0.1, 0.15) is 23.3 Å². The highest BCUT2D eigenvalue weighted by Gasteiger charge is 2.35. The van der Waals surface area contributed by atoms with Gasteiger partial charge in [-0.1, -0.05) is 58.4 Å². The molecule has 2 bridgehead atoms. The predicted molar refractivity (Wildman–Crippen MR) is 75.3 cm³/mol. The van der Waals surface area contributed by atoms with Gasteiger partial charge >= 0.3 is 0 Å². The third-order valence-electron chi connectivity index (χ3n) is 3.61. The van der Waals surface area contributed by atoms with Crippen molar-refractivity contribution in [2.24, 2.45) is 0 Å². The molecule has 2 aromatic rings. The molecule has 2 heterocycles. The average molecular weight is 299 g/mol. The fraction of sp³-hybridized carbons (Fsp3) is 0.125. The molecule has 4 rings (SSSR count). The van der Waals surface area contributed by atoms with Crippen LogP contribution in [0.25, 0.3) is 11.1 Å². The summed E-state index contributed by atoms with van der Waals surface area (Å²) in [6, 6.07) is 14.9. The van der Waals surface area contributed by atoms with E-state index in [1.54, 1.807) is 0 Å². The van der Waals surface area contributed by atoms with Crippen molar-refractivity contribution in [1.82, 2.24) is 0 Å². The van der Waals surface area contributed by atoms with Gasteiger partial charge in [0.15, 0.2) is 0 Å². The summed E-state index contributed by atoms with van der Waals surface area (Å²) in [7, 11) is 0. The van der Waals surface area contributed by atoms with Gasteiger partial charge in [0, 0.05) is 4.47 Å². The van der Waals surface area contributed by atoms with Crippen molar-refractivity contribution in [3.8, 4) is 11.1 Å². The molecule has 0 aromatic heterocycles. The normalized spacial score (nSPS) is 23.4. The standard InChI is InChI=1S/C16H11BrO/c17-11-8-12(10-4-2-1-3-5-10)16-13(9-11)14-6-7-15(16)18-14/h1-9,14-15H. The number of benzene rings is 2. The lowest BCUT2D eigenvalue weighted by molar-refractivity contribution is 0.0880. The fourth-order valence-corrected chi connectivity index (χ4v) is 3.32. The van der Waals surface area contributed by atoms with Crippen LogP contribution in [0.3, 0.4) is 0 Å². The maximum absolute atomic E-state index is 5.93. The maximum Gasteiger partial charge on any atom is 0.103 e. The lowest BCUT2D eigenvalue weighted by atomic mass is 9.89. The van der Waals surface area contributed by atoms with E-state index >= 15 is 0 Å². The van der Waals surface area contributed by atoms with E-state index in [1.807, 2.05) is 6.07 Å². The van der Waals surface area contributed by atoms with Crippen LogP contribution < -0.4 is 0 Å². The zero-order valence-corrected chi connectivity index (χ0v) is 11.2. The zero-order chi connectivity index (χ0) is 12.1. The smallest absolute Gasteiger partial charge is 0.103 e. The van der Waals surface area contributed by atoms with Crippen molar-refractivity contribution in [1.29, 1.82) is 0 Å². The van der Waals surface area contributed by atoms with Gasteiger partial charge in [-0.25, -0.2) is 0 Å². The third-order valence-corrected chi connectivity index (χ3v) is 4.06.